The van der Waals surface area contributed by atoms with Gasteiger partial charge in [-0.05, 0) is 24.8 Å². The van der Waals surface area contributed by atoms with Gasteiger partial charge in [-0.15, -0.1) is 0 Å². The molecule has 2 saturated heterocycles. The van der Waals surface area contributed by atoms with Gasteiger partial charge in [-0.3, -0.25) is 4.79 Å². The third-order valence-electron chi connectivity index (χ3n) is 4.71. The van der Waals surface area contributed by atoms with E-state index >= 15 is 0 Å². The van der Waals surface area contributed by atoms with Crippen molar-refractivity contribution < 1.29 is 19.0 Å². The molecule has 126 valence electrons. The lowest BCUT2D eigenvalue weighted by molar-refractivity contribution is -0.132. The number of ether oxygens (including phenoxy) is 1. The van der Waals surface area contributed by atoms with Crippen molar-refractivity contribution in [1.82, 2.24) is 4.90 Å². The summed E-state index contributed by atoms with van der Waals surface area (Å²) in [5.74, 6) is 0.117. The van der Waals surface area contributed by atoms with Gasteiger partial charge in [0.25, 0.3) is 0 Å². The third-order valence-corrected chi connectivity index (χ3v) is 4.71. The summed E-state index contributed by atoms with van der Waals surface area (Å²) in [4.78, 5) is 16.0. The zero-order valence-corrected chi connectivity index (χ0v) is 13.2. The average molecular weight is 322 g/mol. The molecule has 0 aliphatic carbocycles. The summed E-state index contributed by atoms with van der Waals surface area (Å²) in [6, 6.07) is 4.93. The molecule has 2 aliphatic heterocycles. The van der Waals surface area contributed by atoms with Crippen molar-refractivity contribution in [2.45, 2.75) is 19.4 Å². The van der Waals surface area contributed by atoms with Crippen LogP contribution in [0.1, 0.15) is 18.4 Å². The molecule has 2 fully saturated rings. The van der Waals surface area contributed by atoms with Crippen molar-refractivity contribution in [2.75, 3.05) is 44.3 Å². The maximum atomic E-state index is 14.3. The van der Waals surface area contributed by atoms with E-state index < -0.39 is 5.82 Å². The standard InChI is InChI=1S/C17H23FN2O3/c18-17-14(12-21)2-1-3-15(17)19-6-7-20(16(22)11-19)10-13-4-8-23-9-5-13/h1-3,13,21H,4-12H2. The van der Waals surface area contributed by atoms with E-state index in [1.54, 1.807) is 23.1 Å². The van der Waals surface area contributed by atoms with E-state index in [0.29, 0.717) is 24.7 Å². The van der Waals surface area contributed by atoms with Crippen molar-refractivity contribution in [3.63, 3.8) is 0 Å². The zero-order chi connectivity index (χ0) is 16.2. The van der Waals surface area contributed by atoms with Crippen LogP contribution in [0.5, 0.6) is 0 Å². The Balaban J connectivity index is 1.63. The fourth-order valence-corrected chi connectivity index (χ4v) is 3.28. The topological polar surface area (TPSA) is 53.0 Å². The molecular formula is C17H23FN2O3. The number of aliphatic hydroxyl groups is 1. The zero-order valence-electron chi connectivity index (χ0n) is 13.2. The van der Waals surface area contributed by atoms with E-state index in [-0.39, 0.29) is 24.6 Å². The average Bonchev–Trinajstić information content (AvgIpc) is 2.58. The van der Waals surface area contributed by atoms with Crippen LogP contribution in [0.15, 0.2) is 18.2 Å². The first-order chi connectivity index (χ1) is 11.2. The number of hydrogen-bond donors (Lipinski definition) is 1. The highest BCUT2D eigenvalue weighted by atomic mass is 19.1. The lowest BCUT2D eigenvalue weighted by Gasteiger charge is -2.38. The summed E-state index contributed by atoms with van der Waals surface area (Å²) in [7, 11) is 0. The lowest BCUT2D eigenvalue weighted by Crippen LogP contribution is -2.52. The minimum Gasteiger partial charge on any atom is -0.392 e. The highest BCUT2D eigenvalue weighted by molar-refractivity contribution is 5.83. The van der Waals surface area contributed by atoms with Gasteiger partial charge in [0.05, 0.1) is 18.8 Å². The molecule has 0 aromatic heterocycles. The molecule has 6 heteroatoms. The van der Waals surface area contributed by atoms with E-state index in [1.807, 2.05) is 4.90 Å². The Bertz CT molecular complexity index is 561. The summed E-state index contributed by atoms with van der Waals surface area (Å²) < 4.78 is 19.7. The second-order valence-electron chi connectivity index (χ2n) is 6.23. The number of benzene rings is 1. The first-order valence-corrected chi connectivity index (χ1v) is 8.17. The maximum absolute atomic E-state index is 14.3. The van der Waals surface area contributed by atoms with Gasteiger partial charge in [0.1, 0.15) is 0 Å². The number of amides is 1. The van der Waals surface area contributed by atoms with Crippen LogP contribution in [0.25, 0.3) is 0 Å². The van der Waals surface area contributed by atoms with Gasteiger partial charge in [-0.25, -0.2) is 4.39 Å². The van der Waals surface area contributed by atoms with Crippen LogP contribution in [0.3, 0.4) is 0 Å². The monoisotopic (exact) mass is 322 g/mol. The third kappa shape index (κ3) is 3.64. The molecule has 0 spiro atoms. The highest BCUT2D eigenvalue weighted by Crippen LogP contribution is 2.25. The van der Waals surface area contributed by atoms with Crippen LogP contribution in [-0.4, -0.2) is 55.3 Å². The van der Waals surface area contributed by atoms with Gasteiger partial charge in [-0.1, -0.05) is 12.1 Å². The van der Waals surface area contributed by atoms with Gasteiger partial charge in [0, 0.05) is 38.4 Å². The van der Waals surface area contributed by atoms with E-state index in [9.17, 15) is 14.3 Å². The van der Waals surface area contributed by atoms with E-state index in [0.717, 1.165) is 32.6 Å². The van der Waals surface area contributed by atoms with Crippen LogP contribution in [0.2, 0.25) is 0 Å². The van der Waals surface area contributed by atoms with Gasteiger partial charge in [-0.2, -0.15) is 0 Å². The number of piperazine rings is 1. The molecule has 0 radical (unpaired) electrons. The van der Waals surface area contributed by atoms with Crippen molar-refractivity contribution in [1.29, 1.82) is 0 Å². The Kier molecular flexibility index (Phi) is 5.13. The number of hydrogen-bond acceptors (Lipinski definition) is 4. The first-order valence-electron chi connectivity index (χ1n) is 8.17. The van der Waals surface area contributed by atoms with Crippen LogP contribution >= 0.6 is 0 Å². The molecule has 2 aliphatic rings. The fraction of sp³-hybridized carbons (Fsp3) is 0.588. The lowest BCUT2D eigenvalue weighted by atomic mass is 9.99. The predicted octanol–water partition coefficient (Wildman–Crippen LogP) is 1.39. The molecule has 0 bridgehead atoms. The summed E-state index contributed by atoms with van der Waals surface area (Å²) in [6.07, 6.45) is 2.00. The van der Waals surface area contributed by atoms with E-state index in [1.165, 1.54) is 0 Å². The Morgan fingerprint density at radius 3 is 2.74 bits per heavy atom. The Morgan fingerprint density at radius 1 is 1.26 bits per heavy atom. The summed E-state index contributed by atoms with van der Waals surface area (Å²) in [5, 5.41) is 9.17. The first kappa shape index (κ1) is 16.2. The molecule has 1 aromatic carbocycles. The Hall–Kier alpha value is -1.66. The highest BCUT2D eigenvalue weighted by Gasteiger charge is 2.28. The summed E-state index contributed by atoms with van der Waals surface area (Å²) in [5.41, 5.74) is 0.662. The van der Waals surface area contributed by atoms with Crippen molar-refractivity contribution in [2.24, 2.45) is 5.92 Å². The Labute approximate surface area is 135 Å². The van der Waals surface area contributed by atoms with Gasteiger partial charge in [0.15, 0.2) is 5.82 Å². The van der Waals surface area contributed by atoms with Gasteiger partial charge in [0.2, 0.25) is 5.91 Å². The van der Waals surface area contributed by atoms with Crippen LogP contribution < -0.4 is 4.90 Å². The van der Waals surface area contributed by atoms with E-state index in [4.69, 9.17) is 4.74 Å². The number of carbonyl (C=O) groups is 1. The van der Waals surface area contributed by atoms with Gasteiger partial charge >= 0.3 is 0 Å². The van der Waals surface area contributed by atoms with Crippen molar-refractivity contribution in [3.8, 4) is 0 Å². The minimum absolute atomic E-state index is 0.0385. The largest absolute Gasteiger partial charge is 0.392 e. The predicted molar refractivity (Wildman–Crippen MR) is 84.7 cm³/mol. The second-order valence-corrected chi connectivity index (χ2v) is 6.23. The molecule has 1 aromatic rings. The summed E-state index contributed by atoms with van der Waals surface area (Å²) >= 11 is 0. The summed E-state index contributed by atoms with van der Waals surface area (Å²) in [6.45, 7) is 3.40. The molecule has 0 saturated carbocycles. The van der Waals surface area contributed by atoms with Crippen molar-refractivity contribution in [3.05, 3.63) is 29.6 Å². The van der Waals surface area contributed by atoms with Crippen LogP contribution in [0, 0.1) is 11.7 Å². The molecule has 0 unspecified atom stereocenters. The fourth-order valence-electron chi connectivity index (χ4n) is 3.28. The molecule has 3 rings (SSSR count). The Morgan fingerprint density at radius 2 is 2.04 bits per heavy atom. The molecule has 23 heavy (non-hydrogen) atoms. The minimum atomic E-state index is -0.430. The SMILES string of the molecule is O=C1CN(c2cccc(CO)c2F)CCN1CC1CCOCC1. The molecule has 1 amide bonds. The molecule has 1 N–H and O–H groups in total. The molecule has 0 atom stereocenters. The smallest absolute Gasteiger partial charge is 0.242 e. The number of nitrogens with zero attached hydrogens (tertiary/aromatic N) is 2. The van der Waals surface area contributed by atoms with E-state index in [2.05, 4.69) is 0 Å². The van der Waals surface area contributed by atoms with Crippen LogP contribution in [0.4, 0.5) is 10.1 Å². The molecule has 2 heterocycles. The van der Waals surface area contributed by atoms with Gasteiger partial charge < -0.3 is 19.6 Å². The molecular weight excluding hydrogens is 299 g/mol. The normalized spacial score (nSPS) is 20.2. The quantitative estimate of drug-likeness (QED) is 0.910. The van der Waals surface area contributed by atoms with Crippen LogP contribution in [-0.2, 0) is 16.1 Å². The molecule has 5 nitrogen and oxygen atoms in total. The second kappa shape index (κ2) is 7.27. The number of anilines is 1. The number of aliphatic hydroxyl groups excluding tert-OH is 1. The maximum Gasteiger partial charge on any atom is 0.242 e. The number of rotatable bonds is 4. The number of halogens is 1. The number of carbonyl (C=O) groups excluding carboxylic acids is 1. The van der Waals surface area contributed by atoms with Crippen molar-refractivity contribution >= 4 is 11.6 Å².